The summed E-state index contributed by atoms with van der Waals surface area (Å²) >= 11 is 5.26. The van der Waals surface area contributed by atoms with Crippen molar-refractivity contribution in [3.8, 4) is 0 Å². The fourth-order valence-corrected chi connectivity index (χ4v) is 2.83. The molecular weight excluding hydrogens is 282 g/mol. The van der Waals surface area contributed by atoms with Crippen LogP contribution in [-0.4, -0.2) is 4.98 Å². The van der Waals surface area contributed by atoms with Crippen LogP contribution in [-0.2, 0) is 0 Å². The van der Waals surface area contributed by atoms with Crippen molar-refractivity contribution in [1.82, 2.24) is 4.98 Å². The molecule has 2 rings (SSSR count). The molecule has 0 saturated carbocycles. The van der Waals surface area contributed by atoms with E-state index >= 15 is 0 Å². The number of hydrogen-bond acceptors (Lipinski definition) is 2. The van der Waals surface area contributed by atoms with E-state index in [0.717, 1.165) is 9.50 Å². The molecule has 0 amide bonds. The predicted octanol–water partition coefficient (Wildman–Crippen LogP) is 4.61. The third-order valence-electron chi connectivity index (χ3n) is 2.25. The van der Waals surface area contributed by atoms with Crippen LogP contribution >= 0.6 is 27.7 Å². The van der Waals surface area contributed by atoms with E-state index in [4.69, 9.17) is 0 Å². The molecule has 0 fully saturated rings. The number of aryl methyl sites for hydroxylation is 2. The summed E-state index contributed by atoms with van der Waals surface area (Å²) in [6.07, 6.45) is 1.85. The van der Waals surface area contributed by atoms with Gasteiger partial charge in [0.2, 0.25) is 0 Å². The molecule has 1 aromatic carbocycles. The van der Waals surface area contributed by atoms with Gasteiger partial charge in [0.05, 0.1) is 4.47 Å². The molecule has 0 saturated heterocycles. The maximum absolute atomic E-state index is 4.38. The van der Waals surface area contributed by atoms with Crippen molar-refractivity contribution in [2.24, 2.45) is 0 Å². The molecule has 16 heavy (non-hydrogen) atoms. The molecule has 1 heterocycles. The lowest BCUT2D eigenvalue weighted by Gasteiger charge is -2.05. The summed E-state index contributed by atoms with van der Waals surface area (Å²) in [6.45, 7) is 4.18. The third-order valence-corrected chi connectivity index (χ3v) is 4.51. The number of nitrogens with zero attached hydrogens (tertiary/aromatic N) is 1. The smallest absolute Gasteiger partial charge is 0.115 e. The van der Waals surface area contributed by atoms with E-state index in [1.54, 1.807) is 11.8 Å². The van der Waals surface area contributed by atoms with Gasteiger partial charge in [0.15, 0.2) is 0 Å². The minimum absolute atomic E-state index is 1.02. The van der Waals surface area contributed by atoms with E-state index < -0.39 is 0 Å². The molecule has 1 nitrogen and oxygen atoms in total. The first-order valence-corrected chi connectivity index (χ1v) is 6.63. The largest absolute Gasteiger partial charge is 0.248 e. The molecule has 0 atom stereocenters. The first kappa shape index (κ1) is 11.7. The average molecular weight is 294 g/mol. The maximum Gasteiger partial charge on any atom is 0.115 e. The number of hydrogen-bond donors (Lipinski definition) is 0. The van der Waals surface area contributed by atoms with Gasteiger partial charge in [0, 0.05) is 11.1 Å². The van der Waals surface area contributed by atoms with Crippen LogP contribution in [0.4, 0.5) is 0 Å². The molecule has 0 N–H and O–H groups in total. The first-order valence-electron chi connectivity index (χ1n) is 5.02. The lowest BCUT2D eigenvalue weighted by atomic mass is 10.2. The summed E-state index contributed by atoms with van der Waals surface area (Å²) in [4.78, 5) is 5.60. The summed E-state index contributed by atoms with van der Waals surface area (Å²) in [7, 11) is 0. The zero-order valence-electron chi connectivity index (χ0n) is 9.20. The molecule has 82 valence electrons. The van der Waals surface area contributed by atoms with Gasteiger partial charge >= 0.3 is 0 Å². The second kappa shape index (κ2) is 5.02. The molecule has 1 aromatic heterocycles. The van der Waals surface area contributed by atoms with E-state index in [1.807, 2.05) is 12.3 Å². The van der Waals surface area contributed by atoms with Gasteiger partial charge in [-0.3, -0.25) is 0 Å². The number of halogens is 1. The molecule has 0 aliphatic rings. The quantitative estimate of drug-likeness (QED) is 0.802. The van der Waals surface area contributed by atoms with Crippen molar-refractivity contribution in [2.75, 3.05) is 0 Å². The zero-order valence-corrected chi connectivity index (χ0v) is 11.6. The Morgan fingerprint density at radius 2 is 2.00 bits per heavy atom. The first-order chi connectivity index (χ1) is 7.66. The van der Waals surface area contributed by atoms with Crippen molar-refractivity contribution < 1.29 is 0 Å². The lowest BCUT2D eigenvalue weighted by Crippen LogP contribution is -1.85. The zero-order chi connectivity index (χ0) is 11.5. The normalized spacial score (nSPS) is 10.4. The van der Waals surface area contributed by atoms with Gasteiger partial charge in [-0.2, -0.15) is 0 Å². The molecule has 0 aliphatic carbocycles. The minimum Gasteiger partial charge on any atom is -0.248 e. The maximum atomic E-state index is 4.38. The van der Waals surface area contributed by atoms with Crippen LogP contribution in [0.15, 0.2) is 50.9 Å². The summed E-state index contributed by atoms with van der Waals surface area (Å²) < 4.78 is 1.08. The van der Waals surface area contributed by atoms with Crippen molar-refractivity contribution in [1.29, 1.82) is 0 Å². The van der Waals surface area contributed by atoms with Crippen molar-refractivity contribution in [3.05, 3.63) is 52.1 Å². The van der Waals surface area contributed by atoms with Crippen LogP contribution in [0.5, 0.6) is 0 Å². The van der Waals surface area contributed by atoms with Crippen LogP contribution < -0.4 is 0 Å². The molecule has 3 heteroatoms. The van der Waals surface area contributed by atoms with Gasteiger partial charge in [0.1, 0.15) is 5.03 Å². The highest BCUT2D eigenvalue weighted by Crippen LogP contribution is 2.33. The summed E-state index contributed by atoms with van der Waals surface area (Å²) in [5.74, 6) is 0. The fourth-order valence-electron chi connectivity index (χ4n) is 1.38. The molecule has 0 bridgehead atoms. The van der Waals surface area contributed by atoms with Crippen LogP contribution in [0.2, 0.25) is 0 Å². The SMILES string of the molecule is Cc1cccc(Sc2nccc(C)c2Br)c1. The number of pyridine rings is 1. The average Bonchev–Trinajstić information content (AvgIpc) is 2.25. The highest BCUT2D eigenvalue weighted by molar-refractivity contribution is 9.10. The number of rotatable bonds is 2. The van der Waals surface area contributed by atoms with Gasteiger partial charge in [-0.05, 0) is 53.5 Å². The Balaban J connectivity index is 2.31. The number of aromatic nitrogens is 1. The van der Waals surface area contributed by atoms with Gasteiger partial charge in [-0.15, -0.1) is 0 Å². The van der Waals surface area contributed by atoms with Crippen molar-refractivity contribution in [2.45, 2.75) is 23.8 Å². The van der Waals surface area contributed by atoms with Gasteiger partial charge in [-0.25, -0.2) is 4.98 Å². The Morgan fingerprint density at radius 1 is 1.19 bits per heavy atom. The molecule has 0 unspecified atom stereocenters. The van der Waals surface area contributed by atoms with E-state index in [0.29, 0.717) is 0 Å². The van der Waals surface area contributed by atoms with E-state index in [2.05, 4.69) is 59.0 Å². The van der Waals surface area contributed by atoms with Crippen LogP contribution in [0.25, 0.3) is 0 Å². The second-order valence-corrected chi connectivity index (χ2v) is 5.52. The molecule has 2 aromatic rings. The summed E-state index contributed by atoms with van der Waals surface area (Å²) in [5, 5.41) is 1.02. The van der Waals surface area contributed by atoms with E-state index in [1.165, 1.54) is 16.0 Å². The topological polar surface area (TPSA) is 12.9 Å². The highest BCUT2D eigenvalue weighted by Gasteiger charge is 2.05. The number of benzene rings is 1. The van der Waals surface area contributed by atoms with Crippen molar-refractivity contribution >= 4 is 27.7 Å². The minimum atomic E-state index is 1.02. The van der Waals surface area contributed by atoms with Gasteiger partial charge < -0.3 is 0 Å². The predicted molar refractivity (Wildman–Crippen MR) is 72.0 cm³/mol. The Kier molecular flexibility index (Phi) is 3.66. The second-order valence-electron chi connectivity index (χ2n) is 3.67. The van der Waals surface area contributed by atoms with Gasteiger partial charge in [-0.1, -0.05) is 29.5 Å². The van der Waals surface area contributed by atoms with Crippen LogP contribution in [0.3, 0.4) is 0 Å². The third kappa shape index (κ3) is 2.66. The Morgan fingerprint density at radius 3 is 2.75 bits per heavy atom. The summed E-state index contributed by atoms with van der Waals surface area (Å²) in [6, 6.07) is 10.4. The Hall–Kier alpha value is -0.800. The van der Waals surface area contributed by atoms with Crippen LogP contribution in [0, 0.1) is 13.8 Å². The molecular formula is C13H12BrNS. The fraction of sp³-hybridized carbons (Fsp3) is 0.154. The Labute approximate surface area is 108 Å². The standard InChI is InChI=1S/C13H12BrNS/c1-9-4-3-5-11(8-9)16-13-12(14)10(2)6-7-15-13/h3-8H,1-2H3. The lowest BCUT2D eigenvalue weighted by molar-refractivity contribution is 1.08. The van der Waals surface area contributed by atoms with E-state index in [-0.39, 0.29) is 0 Å². The monoisotopic (exact) mass is 293 g/mol. The molecule has 0 aliphatic heterocycles. The molecule has 0 radical (unpaired) electrons. The summed E-state index contributed by atoms with van der Waals surface area (Å²) in [5.41, 5.74) is 2.49. The molecule has 0 spiro atoms. The Bertz CT molecular complexity index is 511. The van der Waals surface area contributed by atoms with E-state index in [9.17, 15) is 0 Å². The van der Waals surface area contributed by atoms with Crippen LogP contribution in [0.1, 0.15) is 11.1 Å². The van der Waals surface area contributed by atoms with Gasteiger partial charge in [0.25, 0.3) is 0 Å². The van der Waals surface area contributed by atoms with Crippen molar-refractivity contribution in [3.63, 3.8) is 0 Å². The highest BCUT2D eigenvalue weighted by atomic mass is 79.9.